The minimum Gasteiger partial charge on any atom is -0.478 e. The molecule has 1 aromatic carbocycles. The first-order valence-electron chi connectivity index (χ1n) is 8.00. The van der Waals surface area contributed by atoms with Gasteiger partial charge in [0.2, 0.25) is 10.3 Å². The molecule has 0 bridgehead atoms. The van der Waals surface area contributed by atoms with Gasteiger partial charge in [-0.15, -0.1) is 0 Å². The number of hydrogen-bond donors (Lipinski definition) is 1. The van der Waals surface area contributed by atoms with E-state index in [-0.39, 0.29) is 10.4 Å². The quantitative estimate of drug-likeness (QED) is 0.452. The van der Waals surface area contributed by atoms with Gasteiger partial charge in [-0.2, -0.15) is 8.42 Å². The van der Waals surface area contributed by atoms with Crippen molar-refractivity contribution in [3.05, 3.63) is 53.8 Å². The van der Waals surface area contributed by atoms with Crippen molar-refractivity contribution in [1.29, 1.82) is 0 Å². The Balaban J connectivity index is 2.41. The zero-order chi connectivity index (χ0) is 18.2. The van der Waals surface area contributed by atoms with Crippen LogP contribution in [0.3, 0.4) is 0 Å². The lowest BCUT2D eigenvalue weighted by molar-refractivity contribution is -0.135. The standard InChI is InChI=1S/C18H21NO5S/c1-3-4-10-19-15-11-13(18(20)23-2)12-16(25(21)22)17(15)24-14-8-6-5-7-9-14/h5-9,11-12,17,19H,3-4,10H2,1-2H3. The number of rotatable bonds is 7. The molecule has 0 aliphatic heterocycles. The van der Waals surface area contributed by atoms with Crippen LogP contribution in [0.4, 0.5) is 0 Å². The Morgan fingerprint density at radius 2 is 1.92 bits per heavy atom. The molecule has 134 valence electrons. The Hall–Kier alpha value is -2.54. The number of carbonyl (C=O) groups excluding carboxylic acids is 1. The second-order valence-electron chi connectivity index (χ2n) is 5.42. The maximum Gasteiger partial charge on any atom is 0.337 e. The van der Waals surface area contributed by atoms with Gasteiger partial charge in [0.05, 0.1) is 18.4 Å². The number of methoxy groups -OCH3 is 1. The summed E-state index contributed by atoms with van der Waals surface area (Å²) >= 11 is 0. The molecule has 6 nitrogen and oxygen atoms in total. The third-order valence-electron chi connectivity index (χ3n) is 3.62. The van der Waals surface area contributed by atoms with E-state index in [2.05, 4.69) is 12.2 Å². The Morgan fingerprint density at radius 3 is 2.52 bits per heavy atom. The minimum absolute atomic E-state index is 0.0225. The van der Waals surface area contributed by atoms with E-state index in [1.807, 2.05) is 6.07 Å². The summed E-state index contributed by atoms with van der Waals surface area (Å²) in [5.74, 6) is -0.0653. The van der Waals surface area contributed by atoms with E-state index in [1.54, 1.807) is 30.3 Å². The predicted octanol–water partition coefficient (Wildman–Crippen LogP) is 1.87. The number of benzene rings is 1. The van der Waals surface area contributed by atoms with Gasteiger partial charge in [-0.1, -0.05) is 31.5 Å². The monoisotopic (exact) mass is 363 g/mol. The molecule has 0 saturated heterocycles. The van der Waals surface area contributed by atoms with Gasteiger partial charge >= 0.3 is 5.97 Å². The maximum absolute atomic E-state index is 11.9. The Morgan fingerprint density at radius 1 is 1.20 bits per heavy atom. The highest BCUT2D eigenvalue weighted by atomic mass is 32.2. The number of hydrogen-bond acceptors (Lipinski definition) is 6. The smallest absolute Gasteiger partial charge is 0.337 e. The van der Waals surface area contributed by atoms with Crippen LogP contribution >= 0.6 is 0 Å². The van der Waals surface area contributed by atoms with Crippen LogP contribution in [0.25, 0.3) is 0 Å². The van der Waals surface area contributed by atoms with Crippen LogP contribution in [0.2, 0.25) is 0 Å². The summed E-state index contributed by atoms with van der Waals surface area (Å²) in [5.41, 5.74) is 0.674. The van der Waals surface area contributed by atoms with Gasteiger partial charge in [0.15, 0.2) is 6.10 Å². The molecule has 0 heterocycles. The Bertz CT molecular complexity index is 801. The van der Waals surface area contributed by atoms with Gasteiger partial charge in [0, 0.05) is 6.54 Å². The SMILES string of the molecule is CCCCNC1=CC(C(=O)OC)=CC(=S(=O)=O)C1Oc1ccccc1. The van der Waals surface area contributed by atoms with E-state index in [9.17, 15) is 13.2 Å². The van der Waals surface area contributed by atoms with Crippen molar-refractivity contribution in [3.63, 3.8) is 0 Å². The molecule has 1 unspecified atom stereocenters. The van der Waals surface area contributed by atoms with Crippen LogP contribution in [-0.4, -0.2) is 39.0 Å². The van der Waals surface area contributed by atoms with Crippen LogP contribution < -0.4 is 10.1 Å². The Kier molecular flexibility index (Phi) is 6.82. The van der Waals surface area contributed by atoms with E-state index in [0.717, 1.165) is 12.8 Å². The maximum atomic E-state index is 11.9. The summed E-state index contributed by atoms with van der Waals surface area (Å²) in [4.78, 5) is 11.8. The molecule has 1 atom stereocenters. The molecule has 2 rings (SSSR count). The molecule has 1 N–H and O–H groups in total. The van der Waals surface area contributed by atoms with Gasteiger partial charge in [0.1, 0.15) is 10.6 Å². The fourth-order valence-corrected chi connectivity index (χ4v) is 2.92. The fraction of sp³-hybridized carbons (Fsp3) is 0.333. The third kappa shape index (κ3) is 4.96. The average Bonchev–Trinajstić information content (AvgIpc) is 2.62. The first-order valence-corrected chi connectivity index (χ1v) is 9.07. The van der Waals surface area contributed by atoms with Crippen LogP contribution in [0.15, 0.2) is 53.8 Å². The van der Waals surface area contributed by atoms with Crippen molar-refractivity contribution in [2.45, 2.75) is 25.9 Å². The van der Waals surface area contributed by atoms with Gasteiger partial charge in [0.25, 0.3) is 0 Å². The largest absolute Gasteiger partial charge is 0.478 e. The highest BCUT2D eigenvalue weighted by molar-refractivity contribution is 7.73. The summed E-state index contributed by atoms with van der Waals surface area (Å²) in [6.45, 7) is 2.70. The lowest BCUT2D eigenvalue weighted by atomic mass is 10.0. The molecule has 0 fully saturated rings. The number of unbranched alkanes of at least 4 members (excludes halogenated alkanes) is 1. The number of para-hydroxylation sites is 1. The summed E-state index contributed by atoms with van der Waals surface area (Å²) in [6.07, 6.45) is 3.90. The van der Waals surface area contributed by atoms with Gasteiger partial charge in [-0.3, -0.25) is 0 Å². The average molecular weight is 363 g/mol. The number of carbonyl (C=O) groups is 1. The molecule has 7 heteroatoms. The van der Waals surface area contributed by atoms with E-state index in [1.165, 1.54) is 13.2 Å². The molecule has 0 spiro atoms. The highest BCUT2D eigenvalue weighted by Crippen LogP contribution is 2.21. The number of nitrogens with one attached hydrogen (secondary N) is 1. The molecule has 25 heavy (non-hydrogen) atoms. The molecule has 0 saturated carbocycles. The molecule has 1 aliphatic rings. The van der Waals surface area contributed by atoms with Gasteiger partial charge < -0.3 is 14.8 Å². The molecule has 1 aromatic rings. The van der Waals surface area contributed by atoms with Crippen molar-refractivity contribution in [2.75, 3.05) is 13.7 Å². The zero-order valence-corrected chi connectivity index (χ0v) is 15.0. The second-order valence-corrected chi connectivity index (χ2v) is 6.36. The Labute approximate surface area is 148 Å². The summed E-state index contributed by atoms with van der Waals surface area (Å²) < 4.78 is 34.0. The fourth-order valence-electron chi connectivity index (χ4n) is 2.35. The van der Waals surface area contributed by atoms with Crippen LogP contribution in [0.5, 0.6) is 5.75 Å². The van der Waals surface area contributed by atoms with Crippen molar-refractivity contribution < 1.29 is 22.7 Å². The second kappa shape index (κ2) is 9.08. The lowest BCUT2D eigenvalue weighted by Gasteiger charge is -2.25. The summed E-state index contributed by atoms with van der Waals surface area (Å²) in [5, 5.41) is 3.18. The topological polar surface area (TPSA) is 81.7 Å². The molecule has 0 radical (unpaired) electrons. The van der Waals surface area contributed by atoms with Crippen molar-refractivity contribution in [2.24, 2.45) is 0 Å². The number of ether oxygens (including phenoxy) is 2. The molecule has 1 aliphatic carbocycles. The predicted molar refractivity (Wildman–Crippen MR) is 95.9 cm³/mol. The number of esters is 1. The third-order valence-corrected chi connectivity index (χ3v) is 4.34. The first kappa shape index (κ1) is 18.8. The zero-order valence-electron chi connectivity index (χ0n) is 14.2. The molecular weight excluding hydrogens is 342 g/mol. The first-order chi connectivity index (χ1) is 12.1. The van der Waals surface area contributed by atoms with Crippen LogP contribution in [0.1, 0.15) is 19.8 Å². The van der Waals surface area contributed by atoms with Crippen LogP contribution in [0, 0.1) is 0 Å². The van der Waals surface area contributed by atoms with E-state index in [4.69, 9.17) is 9.47 Å². The van der Waals surface area contributed by atoms with Crippen molar-refractivity contribution >= 4 is 21.1 Å². The lowest BCUT2D eigenvalue weighted by Crippen LogP contribution is -2.38. The summed E-state index contributed by atoms with van der Waals surface area (Å²) in [6, 6.07) is 8.93. The highest BCUT2D eigenvalue weighted by Gasteiger charge is 2.29. The molecule has 0 amide bonds. The minimum atomic E-state index is -2.55. The van der Waals surface area contributed by atoms with Crippen molar-refractivity contribution in [1.82, 2.24) is 5.32 Å². The summed E-state index contributed by atoms with van der Waals surface area (Å²) in [7, 11) is -1.29. The van der Waals surface area contributed by atoms with Crippen molar-refractivity contribution in [3.8, 4) is 5.75 Å². The van der Waals surface area contributed by atoms with E-state index < -0.39 is 22.4 Å². The van der Waals surface area contributed by atoms with Crippen LogP contribution in [-0.2, 0) is 19.8 Å². The molecular formula is C18H21NO5S. The normalized spacial score (nSPS) is 16.6. The van der Waals surface area contributed by atoms with E-state index >= 15 is 0 Å². The van der Waals surface area contributed by atoms with Gasteiger partial charge in [-0.05, 0) is 30.7 Å². The van der Waals surface area contributed by atoms with E-state index in [0.29, 0.717) is 18.0 Å². The molecule has 0 aromatic heterocycles. The van der Waals surface area contributed by atoms with Gasteiger partial charge in [-0.25, -0.2) is 4.79 Å².